The van der Waals surface area contributed by atoms with Gasteiger partial charge in [0.2, 0.25) is 0 Å². The highest BCUT2D eigenvalue weighted by Gasteiger charge is 2.14. The number of aromatic nitrogens is 2. The average molecular weight is 261 g/mol. The van der Waals surface area contributed by atoms with Gasteiger partial charge in [-0.05, 0) is 19.1 Å². The molecule has 0 amide bonds. The van der Waals surface area contributed by atoms with Crippen LogP contribution in [0.1, 0.15) is 17.3 Å². The molecule has 0 radical (unpaired) electrons. The second kappa shape index (κ2) is 5.43. The van der Waals surface area contributed by atoms with E-state index in [-0.39, 0.29) is 23.8 Å². The van der Waals surface area contributed by atoms with Crippen LogP contribution in [0.3, 0.4) is 0 Å². The topological polar surface area (TPSA) is 78.1 Å². The van der Waals surface area contributed by atoms with Crippen LogP contribution in [0.25, 0.3) is 11.4 Å². The number of nitrogens with two attached hydrogens (primary N) is 1. The highest BCUT2D eigenvalue weighted by molar-refractivity contribution is 5.94. The van der Waals surface area contributed by atoms with E-state index in [4.69, 9.17) is 10.5 Å². The van der Waals surface area contributed by atoms with Crippen molar-refractivity contribution >= 4 is 11.8 Å². The smallest absolute Gasteiger partial charge is 0.343 e. The third-order valence-corrected chi connectivity index (χ3v) is 2.40. The van der Waals surface area contributed by atoms with E-state index >= 15 is 0 Å². The third kappa shape index (κ3) is 2.85. The predicted molar refractivity (Wildman–Crippen MR) is 67.8 cm³/mol. The van der Waals surface area contributed by atoms with Gasteiger partial charge in [0.15, 0.2) is 5.82 Å². The van der Waals surface area contributed by atoms with E-state index in [9.17, 15) is 9.18 Å². The molecule has 0 saturated heterocycles. The lowest BCUT2D eigenvalue weighted by Gasteiger charge is -2.06. The maximum absolute atomic E-state index is 13.1. The summed E-state index contributed by atoms with van der Waals surface area (Å²) in [5.41, 5.74) is 6.27. The van der Waals surface area contributed by atoms with Crippen LogP contribution < -0.4 is 5.73 Å². The molecule has 0 unspecified atom stereocenters. The lowest BCUT2D eigenvalue weighted by atomic mass is 10.2. The van der Waals surface area contributed by atoms with Gasteiger partial charge in [-0.2, -0.15) is 0 Å². The lowest BCUT2D eigenvalue weighted by molar-refractivity contribution is 0.0527. The zero-order valence-corrected chi connectivity index (χ0v) is 10.3. The summed E-state index contributed by atoms with van der Waals surface area (Å²) in [6.45, 7) is 1.93. The highest BCUT2D eigenvalue weighted by Crippen LogP contribution is 2.18. The van der Waals surface area contributed by atoms with Crippen molar-refractivity contribution < 1.29 is 13.9 Å². The lowest BCUT2D eigenvalue weighted by Crippen LogP contribution is -2.10. The molecule has 0 aliphatic heterocycles. The van der Waals surface area contributed by atoms with Crippen LogP contribution in [0.5, 0.6) is 0 Å². The Kier molecular flexibility index (Phi) is 3.70. The van der Waals surface area contributed by atoms with Gasteiger partial charge in [-0.15, -0.1) is 0 Å². The zero-order valence-electron chi connectivity index (χ0n) is 10.3. The van der Waals surface area contributed by atoms with Gasteiger partial charge < -0.3 is 10.5 Å². The zero-order chi connectivity index (χ0) is 13.8. The van der Waals surface area contributed by atoms with E-state index < -0.39 is 11.8 Å². The van der Waals surface area contributed by atoms with Crippen molar-refractivity contribution in [1.82, 2.24) is 9.97 Å². The number of hydrogen-bond acceptors (Lipinski definition) is 5. The fourth-order valence-electron chi connectivity index (χ4n) is 1.53. The van der Waals surface area contributed by atoms with Gasteiger partial charge in [0.25, 0.3) is 0 Å². The van der Waals surface area contributed by atoms with E-state index in [1.165, 1.54) is 18.3 Å². The molecule has 0 aliphatic rings. The number of rotatable bonds is 3. The molecule has 0 bridgehead atoms. The molecule has 2 rings (SSSR count). The molecule has 19 heavy (non-hydrogen) atoms. The van der Waals surface area contributed by atoms with Crippen LogP contribution in [-0.2, 0) is 4.74 Å². The molecule has 5 nitrogen and oxygen atoms in total. The number of anilines is 1. The molecule has 0 saturated carbocycles. The molecular formula is C13H12FN3O2. The van der Waals surface area contributed by atoms with E-state index in [0.29, 0.717) is 5.56 Å². The first kappa shape index (κ1) is 12.9. The van der Waals surface area contributed by atoms with E-state index in [1.807, 2.05) is 0 Å². The van der Waals surface area contributed by atoms with Gasteiger partial charge in [0.1, 0.15) is 17.2 Å². The van der Waals surface area contributed by atoms with Crippen molar-refractivity contribution in [2.24, 2.45) is 0 Å². The highest BCUT2D eigenvalue weighted by atomic mass is 19.1. The first-order chi connectivity index (χ1) is 9.11. The van der Waals surface area contributed by atoms with Crippen molar-refractivity contribution in [3.05, 3.63) is 41.8 Å². The Hall–Kier alpha value is -2.50. The van der Waals surface area contributed by atoms with Crippen molar-refractivity contribution in [3.63, 3.8) is 0 Å². The molecule has 0 atom stereocenters. The summed E-state index contributed by atoms with van der Waals surface area (Å²) in [7, 11) is 0. The number of esters is 1. The van der Waals surface area contributed by atoms with Crippen molar-refractivity contribution in [3.8, 4) is 11.4 Å². The first-order valence-electron chi connectivity index (χ1n) is 5.67. The number of nitrogen functional groups attached to an aromatic ring is 1. The van der Waals surface area contributed by atoms with E-state index in [0.717, 1.165) is 0 Å². The molecule has 1 heterocycles. The van der Waals surface area contributed by atoms with E-state index in [1.54, 1.807) is 19.1 Å². The summed E-state index contributed by atoms with van der Waals surface area (Å²) in [5.74, 6) is -0.710. The normalized spacial score (nSPS) is 10.2. The maximum atomic E-state index is 13.1. The Morgan fingerprint density at radius 3 is 2.89 bits per heavy atom. The number of carbonyl (C=O) groups is 1. The quantitative estimate of drug-likeness (QED) is 0.855. The van der Waals surface area contributed by atoms with Crippen LogP contribution in [0.15, 0.2) is 30.5 Å². The second-order valence-corrected chi connectivity index (χ2v) is 3.72. The van der Waals surface area contributed by atoms with Gasteiger partial charge in [-0.25, -0.2) is 19.2 Å². The third-order valence-electron chi connectivity index (χ3n) is 2.40. The molecule has 98 valence electrons. The van der Waals surface area contributed by atoms with Crippen molar-refractivity contribution in [1.29, 1.82) is 0 Å². The maximum Gasteiger partial charge on any atom is 0.343 e. The van der Waals surface area contributed by atoms with E-state index in [2.05, 4.69) is 9.97 Å². The number of nitrogens with zero attached hydrogens (tertiary/aromatic N) is 2. The van der Waals surface area contributed by atoms with Gasteiger partial charge >= 0.3 is 5.97 Å². The molecule has 2 aromatic rings. The number of benzene rings is 1. The van der Waals surface area contributed by atoms with Gasteiger partial charge in [-0.3, -0.25) is 0 Å². The van der Waals surface area contributed by atoms with Crippen LogP contribution in [0.4, 0.5) is 10.2 Å². The summed E-state index contributed by atoms with van der Waals surface area (Å²) in [6, 6.07) is 5.81. The molecule has 0 fully saturated rings. The number of halogens is 1. The molecule has 2 N–H and O–H groups in total. The minimum Gasteiger partial charge on any atom is -0.462 e. The predicted octanol–water partition coefficient (Wildman–Crippen LogP) is 2.04. The van der Waals surface area contributed by atoms with Crippen molar-refractivity contribution in [2.45, 2.75) is 6.92 Å². The number of hydrogen-bond donors (Lipinski definition) is 1. The minimum atomic E-state index is -0.578. The molecule has 0 aliphatic carbocycles. The van der Waals surface area contributed by atoms with Crippen molar-refractivity contribution in [2.75, 3.05) is 12.3 Å². The number of carbonyl (C=O) groups excluding carboxylic acids is 1. The second-order valence-electron chi connectivity index (χ2n) is 3.72. The fraction of sp³-hybridized carbons (Fsp3) is 0.154. The van der Waals surface area contributed by atoms with Crippen LogP contribution in [0, 0.1) is 5.82 Å². The molecular weight excluding hydrogens is 249 g/mol. The summed E-state index contributed by atoms with van der Waals surface area (Å²) < 4.78 is 17.9. The molecule has 0 spiro atoms. The summed E-state index contributed by atoms with van der Waals surface area (Å²) in [4.78, 5) is 19.5. The molecule has 1 aromatic carbocycles. The summed E-state index contributed by atoms with van der Waals surface area (Å²) in [6.07, 6.45) is 1.28. The Bertz CT molecular complexity index is 617. The SMILES string of the molecule is CCOC(=O)c1cnc(-c2cccc(F)c2)nc1N. The van der Waals surface area contributed by atoms with Crippen LogP contribution >= 0.6 is 0 Å². The summed E-state index contributed by atoms with van der Waals surface area (Å²) in [5, 5.41) is 0. The number of ether oxygens (including phenoxy) is 1. The summed E-state index contributed by atoms with van der Waals surface area (Å²) >= 11 is 0. The first-order valence-corrected chi connectivity index (χ1v) is 5.67. The standard InChI is InChI=1S/C13H12FN3O2/c1-2-19-13(18)10-7-16-12(17-11(10)15)8-4-3-5-9(14)6-8/h3-7H,2H2,1H3,(H2,15,16,17). The Morgan fingerprint density at radius 2 is 2.26 bits per heavy atom. The largest absolute Gasteiger partial charge is 0.462 e. The van der Waals surface area contributed by atoms with Gasteiger partial charge in [0.05, 0.1) is 6.61 Å². The average Bonchev–Trinajstić information content (AvgIpc) is 2.38. The fourth-order valence-corrected chi connectivity index (χ4v) is 1.53. The van der Waals surface area contributed by atoms with Crippen LogP contribution in [-0.4, -0.2) is 22.5 Å². The Balaban J connectivity index is 2.36. The monoisotopic (exact) mass is 261 g/mol. The minimum absolute atomic E-state index is 0.00714. The Morgan fingerprint density at radius 1 is 1.47 bits per heavy atom. The van der Waals surface area contributed by atoms with Crippen LogP contribution in [0.2, 0.25) is 0 Å². The van der Waals surface area contributed by atoms with Gasteiger partial charge in [0, 0.05) is 11.8 Å². The van der Waals surface area contributed by atoms with Gasteiger partial charge in [-0.1, -0.05) is 12.1 Å². The molecule has 1 aromatic heterocycles. The Labute approximate surface area is 109 Å². The molecule has 6 heteroatoms.